The summed E-state index contributed by atoms with van der Waals surface area (Å²) in [6.07, 6.45) is 0. The monoisotopic (exact) mass is 251 g/mol. The van der Waals surface area contributed by atoms with Gasteiger partial charge in [-0.2, -0.15) is 5.10 Å². The van der Waals surface area contributed by atoms with E-state index in [1.807, 2.05) is 26.0 Å². The minimum Gasteiger partial charge on any atom is -0.436 e. The third-order valence-corrected chi connectivity index (χ3v) is 2.82. The van der Waals surface area contributed by atoms with E-state index >= 15 is 0 Å². The fourth-order valence-corrected chi connectivity index (χ4v) is 1.72. The van der Waals surface area contributed by atoms with Crippen LogP contribution in [0.15, 0.2) is 18.2 Å². The number of nitrogen functional groups attached to an aromatic ring is 1. The highest BCUT2D eigenvalue weighted by Crippen LogP contribution is 2.33. The van der Waals surface area contributed by atoms with Crippen molar-refractivity contribution in [1.29, 1.82) is 0 Å². The van der Waals surface area contributed by atoms with E-state index in [9.17, 15) is 0 Å². The van der Waals surface area contributed by atoms with Crippen molar-refractivity contribution in [3.8, 4) is 11.6 Å². The number of nitrogens with two attached hydrogens (primary N) is 1. The molecule has 0 amide bonds. The van der Waals surface area contributed by atoms with Crippen molar-refractivity contribution < 1.29 is 4.74 Å². The molecule has 0 aliphatic carbocycles. The number of aromatic nitrogens is 2. The third kappa shape index (κ3) is 2.22. The smallest absolute Gasteiger partial charge is 0.241 e. The highest BCUT2D eigenvalue weighted by molar-refractivity contribution is 6.32. The first-order chi connectivity index (χ1) is 7.99. The lowest BCUT2D eigenvalue weighted by Crippen LogP contribution is -1.97. The number of halogens is 1. The standard InChI is InChI=1S/C12H14ClN3O/c1-7-4-5-9(13)10(6-7)17-12-11(14)8(2)15-16(12)3/h4-6H,14H2,1-3H3. The topological polar surface area (TPSA) is 53.1 Å². The first kappa shape index (κ1) is 11.8. The van der Waals surface area contributed by atoms with Gasteiger partial charge in [-0.3, -0.25) is 0 Å². The van der Waals surface area contributed by atoms with Crippen molar-refractivity contribution in [3.63, 3.8) is 0 Å². The van der Waals surface area contributed by atoms with Gasteiger partial charge in [0, 0.05) is 7.05 Å². The van der Waals surface area contributed by atoms with E-state index in [4.69, 9.17) is 22.1 Å². The van der Waals surface area contributed by atoms with Crippen LogP contribution in [0, 0.1) is 13.8 Å². The quantitative estimate of drug-likeness (QED) is 0.893. The van der Waals surface area contributed by atoms with Gasteiger partial charge in [0.05, 0.1) is 10.7 Å². The van der Waals surface area contributed by atoms with E-state index < -0.39 is 0 Å². The molecule has 2 rings (SSSR count). The molecule has 0 spiro atoms. The summed E-state index contributed by atoms with van der Waals surface area (Å²) >= 11 is 6.06. The molecule has 1 aromatic heterocycles. The third-order valence-electron chi connectivity index (χ3n) is 2.51. The summed E-state index contributed by atoms with van der Waals surface area (Å²) < 4.78 is 7.32. The summed E-state index contributed by atoms with van der Waals surface area (Å²) in [5.41, 5.74) is 8.23. The maximum absolute atomic E-state index is 6.06. The molecule has 1 heterocycles. The molecule has 4 nitrogen and oxygen atoms in total. The van der Waals surface area contributed by atoms with Gasteiger partial charge in [-0.15, -0.1) is 0 Å². The Hall–Kier alpha value is -1.68. The highest BCUT2D eigenvalue weighted by atomic mass is 35.5. The van der Waals surface area contributed by atoms with Crippen LogP contribution in [0.5, 0.6) is 11.6 Å². The SMILES string of the molecule is Cc1ccc(Cl)c(Oc2c(N)c(C)nn2C)c1. The first-order valence-corrected chi connectivity index (χ1v) is 5.60. The van der Waals surface area contributed by atoms with Crippen LogP contribution in [0.1, 0.15) is 11.3 Å². The second-order valence-corrected chi connectivity index (χ2v) is 4.37. The predicted molar refractivity (Wildman–Crippen MR) is 68.6 cm³/mol. The summed E-state index contributed by atoms with van der Waals surface area (Å²) in [5, 5.41) is 4.73. The normalized spacial score (nSPS) is 10.6. The van der Waals surface area contributed by atoms with Gasteiger partial charge >= 0.3 is 0 Å². The molecular formula is C12H14ClN3O. The average molecular weight is 252 g/mol. The fraction of sp³-hybridized carbons (Fsp3) is 0.250. The lowest BCUT2D eigenvalue weighted by molar-refractivity contribution is 0.432. The Labute approximate surface area is 105 Å². The number of nitrogens with zero attached hydrogens (tertiary/aromatic N) is 2. The van der Waals surface area contributed by atoms with Gasteiger partial charge in [-0.1, -0.05) is 17.7 Å². The van der Waals surface area contributed by atoms with Crippen LogP contribution in [0.4, 0.5) is 5.69 Å². The lowest BCUT2D eigenvalue weighted by Gasteiger charge is -2.09. The number of ether oxygens (including phenoxy) is 1. The zero-order valence-electron chi connectivity index (χ0n) is 9.99. The molecule has 0 aliphatic rings. The molecule has 2 N–H and O–H groups in total. The molecule has 0 atom stereocenters. The molecule has 0 saturated carbocycles. The summed E-state index contributed by atoms with van der Waals surface area (Å²) in [6.45, 7) is 3.81. The molecule has 5 heteroatoms. The van der Waals surface area contributed by atoms with Gasteiger partial charge in [0.15, 0.2) is 0 Å². The van der Waals surface area contributed by atoms with E-state index in [-0.39, 0.29) is 0 Å². The van der Waals surface area contributed by atoms with Crippen molar-refractivity contribution in [1.82, 2.24) is 9.78 Å². The molecule has 0 saturated heterocycles. The van der Waals surface area contributed by atoms with Gasteiger partial charge in [0.1, 0.15) is 11.4 Å². The Morgan fingerprint density at radius 3 is 2.65 bits per heavy atom. The Kier molecular flexibility index (Phi) is 2.98. The van der Waals surface area contributed by atoms with E-state index in [1.165, 1.54) is 0 Å². The molecule has 0 fully saturated rings. The van der Waals surface area contributed by atoms with E-state index in [0.717, 1.165) is 11.3 Å². The summed E-state index contributed by atoms with van der Waals surface area (Å²) in [6, 6.07) is 5.59. The van der Waals surface area contributed by atoms with Crippen LogP contribution in [0.2, 0.25) is 5.02 Å². The van der Waals surface area contributed by atoms with Gasteiger partial charge in [-0.05, 0) is 31.5 Å². The molecule has 0 bridgehead atoms. The van der Waals surface area contributed by atoms with Crippen LogP contribution in [-0.4, -0.2) is 9.78 Å². The number of hydrogen-bond donors (Lipinski definition) is 1. The Morgan fingerprint density at radius 1 is 1.35 bits per heavy atom. The van der Waals surface area contributed by atoms with E-state index in [0.29, 0.717) is 22.3 Å². The van der Waals surface area contributed by atoms with Crippen molar-refractivity contribution in [3.05, 3.63) is 34.5 Å². The summed E-state index contributed by atoms with van der Waals surface area (Å²) in [4.78, 5) is 0. The maximum Gasteiger partial charge on any atom is 0.241 e. The predicted octanol–water partition coefficient (Wildman–Crippen LogP) is 3.06. The highest BCUT2D eigenvalue weighted by Gasteiger charge is 2.13. The molecule has 1 aromatic carbocycles. The van der Waals surface area contributed by atoms with Crippen LogP contribution >= 0.6 is 11.6 Å². The second-order valence-electron chi connectivity index (χ2n) is 3.96. The summed E-state index contributed by atoms with van der Waals surface area (Å²) in [7, 11) is 1.78. The van der Waals surface area contributed by atoms with Crippen LogP contribution in [-0.2, 0) is 7.05 Å². The molecule has 0 unspecified atom stereocenters. The molecule has 2 aromatic rings. The number of aryl methyl sites for hydroxylation is 3. The largest absolute Gasteiger partial charge is 0.436 e. The van der Waals surface area contributed by atoms with E-state index in [1.54, 1.807) is 17.8 Å². The Bertz CT molecular complexity index is 563. The van der Waals surface area contributed by atoms with Crippen molar-refractivity contribution in [2.75, 3.05) is 5.73 Å². The van der Waals surface area contributed by atoms with Crippen LogP contribution in [0.3, 0.4) is 0 Å². The molecule has 17 heavy (non-hydrogen) atoms. The zero-order valence-corrected chi connectivity index (χ0v) is 10.7. The number of benzene rings is 1. The average Bonchev–Trinajstić information content (AvgIpc) is 2.50. The molecule has 0 radical (unpaired) electrons. The molecule has 0 aliphatic heterocycles. The van der Waals surface area contributed by atoms with Crippen molar-refractivity contribution >= 4 is 17.3 Å². The fourth-order valence-electron chi connectivity index (χ4n) is 1.57. The molecular weight excluding hydrogens is 238 g/mol. The Morgan fingerprint density at radius 2 is 2.06 bits per heavy atom. The van der Waals surface area contributed by atoms with Gasteiger partial charge < -0.3 is 10.5 Å². The zero-order chi connectivity index (χ0) is 12.6. The summed E-state index contributed by atoms with van der Waals surface area (Å²) in [5.74, 6) is 1.09. The second kappa shape index (κ2) is 4.30. The number of hydrogen-bond acceptors (Lipinski definition) is 3. The van der Waals surface area contributed by atoms with Crippen LogP contribution < -0.4 is 10.5 Å². The van der Waals surface area contributed by atoms with Gasteiger partial charge in [-0.25, -0.2) is 4.68 Å². The van der Waals surface area contributed by atoms with Crippen molar-refractivity contribution in [2.45, 2.75) is 13.8 Å². The number of anilines is 1. The lowest BCUT2D eigenvalue weighted by atomic mass is 10.2. The van der Waals surface area contributed by atoms with Gasteiger partial charge in [0.2, 0.25) is 5.88 Å². The minimum absolute atomic E-state index is 0.509. The molecule has 90 valence electrons. The first-order valence-electron chi connectivity index (χ1n) is 5.22. The van der Waals surface area contributed by atoms with Crippen LogP contribution in [0.25, 0.3) is 0 Å². The maximum atomic E-state index is 6.06. The van der Waals surface area contributed by atoms with Gasteiger partial charge in [0.25, 0.3) is 0 Å². The van der Waals surface area contributed by atoms with Crippen molar-refractivity contribution in [2.24, 2.45) is 7.05 Å². The minimum atomic E-state index is 0.509. The van der Waals surface area contributed by atoms with E-state index in [2.05, 4.69) is 5.10 Å². The Balaban J connectivity index is 2.41. The number of rotatable bonds is 2.